The van der Waals surface area contributed by atoms with Crippen LogP contribution in [-0.4, -0.2) is 37.9 Å². The second kappa shape index (κ2) is 6.75. The molecule has 1 saturated heterocycles. The predicted octanol–water partition coefficient (Wildman–Crippen LogP) is 2.21. The molecule has 1 aromatic rings. The maximum absolute atomic E-state index is 12.2. The van der Waals surface area contributed by atoms with E-state index in [1.807, 2.05) is 44.2 Å². The molecule has 1 fully saturated rings. The summed E-state index contributed by atoms with van der Waals surface area (Å²) in [5, 5.41) is 0. The zero-order chi connectivity index (χ0) is 16.2. The fourth-order valence-electron chi connectivity index (χ4n) is 2.13. The molecule has 1 aromatic carbocycles. The van der Waals surface area contributed by atoms with Gasteiger partial charge in [-0.1, -0.05) is 50.3 Å². The Morgan fingerprint density at radius 3 is 2.59 bits per heavy atom. The van der Waals surface area contributed by atoms with Crippen molar-refractivity contribution in [2.75, 3.05) is 13.7 Å². The van der Waals surface area contributed by atoms with Crippen molar-refractivity contribution in [3.05, 3.63) is 42.0 Å². The third-order valence-corrected chi connectivity index (χ3v) is 3.49. The van der Waals surface area contributed by atoms with Crippen LogP contribution in [0.25, 0.3) is 6.08 Å². The molecule has 5 heteroatoms. The van der Waals surface area contributed by atoms with E-state index >= 15 is 0 Å². The fourth-order valence-corrected chi connectivity index (χ4v) is 2.13. The van der Waals surface area contributed by atoms with E-state index in [1.165, 1.54) is 7.11 Å². The van der Waals surface area contributed by atoms with Gasteiger partial charge in [-0.25, -0.2) is 9.59 Å². The quantitative estimate of drug-likeness (QED) is 0.781. The number of benzene rings is 1. The van der Waals surface area contributed by atoms with Gasteiger partial charge in [-0.05, 0) is 11.6 Å². The van der Waals surface area contributed by atoms with Gasteiger partial charge >= 0.3 is 11.9 Å². The molecule has 0 amide bonds. The molecular weight excluding hydrogens is 284 g/mol. The van der Waals surface area contributed by atoms with Crippen LogP contribution in [0, 0.1) is 5.41 Å². The van der Waals surface area contributed by atoms with Crippen molar-refractivity contribution in [3.8, 4) is 0 Å². The minimum Gasteiger partial charge on any atom is -0.462 e. The van der Waals surface area contributed by atoms with Gasteiger partial charge in [-0.2, -0.15) is 0 Å². The van der Waals surface area contributed by atoms with Crippen LogP contribution in [0.2, 0.25) is 0 Å². The van der Waals surface area contributed by atoms with Crippen LogP contribution in [0.4, 0.5) is 0 Å². The van der Waals surface area contributed by atoms with Gasteiger partial charge in [-0.3, -0.25) is 0 Å². The van der Waals surface area contributed by atoms with Crippen LogP contribution < -0.4 is 0 Å². The molecule has 0 N–H and O–H groups in total. The number of hydrogen-bond donors (Lipinski definition) is 0. The van der Waals surface area contributed by atoms with Crippen LogP contribution in [0.3, 0.4) is 0 Å². The number of carbonyl (C=O) groups is 2. The summed E-state index contributed by atoms with van der Waals surface area (Å²) >= 11 is 0. The molecular formula is C17H20O5. The molecule has 0 aromatic heterocycles. The van der Waals surface area contributed by atoms with Crippen LogP contribution in [0.15, 0.2) is 36.4 Å². The van der Waals surface area contributed by atoms with E-state index in [9.17, 15) is 9.59 Å². The van der Waals surface area contributed by atoms with E-state index in [-0.39, 0.29) is 6.61 Å². The summed E-state index contributed by atoms with van der Waals surface area (Å²) in [5.41, 5.74) is 0.409. The minimum atomic E-state index is -0.900. The van der Waals surface area contributed by atoms with Crippen LogP contribution in [0.5, 0.6) is 0 Å². The summed E-state index contributed by atoms with van der Waals surface area (Å²) in [6.45, 7) is 3.87. The number of ether oxygens (including phenoxy) is 3. The van der Waals surface area contributed by atoms with Gasteiger partial charge in [-0.15, -0.1) is 0 Å². The predicted molar refractivity (Wildman–Crippen MR) is 80.9 cm³/mol. The Kier molecular flexibility index (Phi) is 4.98. The van der Waals surface area contributed by atoms with E-state index < -0.39 is 29.6 Å². The third kappa shape index (κ3) is 3.74. The Balaban J connectivity index is 2.03. The van der Waals surface area contributed by atoms with E-state index in [0.717, 1.165) is 5.56 Å². The molecule has 22 heavy (non-hydrogen) atoms. The first-order valence-electron chi connectivity index (χ1n) is 7.07. The first-order chi connectivity index (χ1) is 10.4. The highest BCUT2D eigenvalue weighted by atomic mass is 16.6. The minimum absolute atomic E-state index is 0.237. The average molecular weight is 304 g/mol. The number of methoxy groups -OCH3 is 1. The molecule has 5 nitrogen and oxygen atoms in total. The molecule has 0 aliphatic carbocycles. The van der Waals surface area contributed by atoms with Gasteiger partial charge in [0.15, 0.2) is 6.10 Å². The van der Waals surface area contributed by atoms with Crippen molar-refractivity contribution in [3.63, 3.8) is 0 Å². The Morgan fingerprint density at radius 2 is 2.05 bits per heavy atom. The maximum atomic E-state index is 12.2. The van der Waals surface area contributed by atoms with Crippen molar-refractivity contribution >= 4 is 18.0 Å². The highest BCUT2D eigenvalue weighted by Gasteiger charge is 2.47. The summed E-state index contributed by atoms with van der Waals surface area (Å²) < 4.78 is 15.4. The lowest BCUT2D eigenvalue weighted by Gasteiger charge is -2.23. The average Bonchev–Trinajstić information content (AvgIpc) is 2.76. The van der Waals surface area contributed by atoms with Gasteiger partial charge in [0.05, 0.1) is 0 Å². The third-order valence-electron chi connectivity index (χ3n) is 3.49. The molecule has 1 aliphatic heterocycles. The first-order valence-corrected chi connectivity index (χ1v) is 7.07. The van der Waals surface area contributed by atoms with Crippen molar-refractivity contribution < 1.29 is 23.8 Å². The number of rotatable bonds is 5. The highest BCUT2D eigenvalue weighted by molar-refractivity contribution is 5.84. The first kappa shape index (κ1) is 16.2. The number of esters is 2. The van der Waals surface area contributed by atoms with Gasteiger partial charge in [0.2, 0.25) is 6.10 Å². The summed E-state index contributed by atoms with van der Waals surface area (Å²) in [6, 6.07) is 9.53. The number of carbonyl (C=O) groups excluding carboxylic acids is 2. The molecule has 2 rings (SSSR count). The molecule has 0 unspecified atom stereocenters. The summed E-state index contributed by atoms with van der Waals surface area (Å²) in [6.07, 6.45) is 1.60. The largest absolute Gasteiger partial charge is 0.462 e. The molecule has 0 saturated carbocycles. The van der Waals surface area contributed by atoms with Crippen LogP contribution in [0.1, 0.15) is 19.4 Å². The lowest BCUT2D eigenvalue weighted by molar-refractivity contribution is -0.168. The Morgan fingerprint density at radius 1 is 1.36 bits per heavy atom. The normalized spacial score (nSPS) is 21.6. The van der Waals surface area contributed by atoms with E-state index in [4.69, 9.17) is 14.2 Å². The lowest BCUT2D eigenvalue weighted by Crippen LogP contribution is -2.38. The molecule has 1 aliphatic rings. The van der Waals surface area contributed by atoms with Crippen molar-refractivity contribution in [1.29, 1.82) is 0 Å². The molecule has 2 atom stereocenters. The SMILES string of the molecule is CO[C@H](/C=C/c1ccccc1)C(=O)O[C@@H]1C(=O)OCC1(C)C. The fraction of sp³-hybridized carbons (Fsp3) is 0.412. The molecule has 0 bridgehead atoms. The molecule has 0 radical (unpaired) electrons. The van der Waals surface area contributed by atoms with Crippen molar-refractivity contribution in [2.24, 2.45) is 5.41 Å². The van der Waals surface area contributed by atoms with Crippen molar-refractivity contribution in [1.82, 2.24) is 0 Å². The molecule has 118 valence electrons. The zero-order valence-corrected chi connectivity index (χ0v) is 12.9. The van der Waals surface area contributed by atoms with Gasteiger partial charge in [0.25, 0.3) is 0 Å². The monoisotopic (exact) mass is 304 g/mol. The standard InChI is InChI=1S/C17H20O5/c1-17(2)11-21-16(19)14(17)22-15(18)13(20-3)10-9-12-7-5-4-6-8-12/h4-10,13-14H,11H2,1-3H3/b10-9+/t13-,14-/m1/s1. The smallest absolute Gasteiger partial charge is 0.348 e. The number of cyclic esters (lactones) is 1. The summed E-state index contributed by atoms with van der Waals surface area (Å²) in [5.74, 6) is -1.12. The number of hydrogen-bond acceptors (Lipinski definition) is 5. The van der Waals surface area contributed by atoms with E-state index in [1.54, 1.807) is 12.2 Å². The van der Waals surface area contributed by atoms with Gasteiger partial charge in [0.1, 0.15) is 6.61 Å². The van der Waals surface area contributed by atoms with Gasteiger partial charge in [0, 0.05) is 12.5 Å². The summed E-state index contributed by atoms with van der Waals surface area (Å²) in [7, 11) is 1.42. The van der Waals surface area contributed by atoms with Crippen molar-refractivity contribution in [2.45, 2.75) is 26.1 Å². The lowest BCUT2D eigenvalue weighted by atomic mass is 9.90. The highest BCUT2D eigenvalue weighted by Crippen LogP contribution is 2.31. The van der Waals surface area contributed by atoms with Gasteiger partial charge < -0.3 is 14.2 Å². The van der Waals surface area contributed by atoms with Crippen LogP contribution in [-0.2, 0) is 23.8 Å². The Hall–Kier alpha value is -2.14. The second-order valence-electron chi connectivity index (χ2n) is 5.84. The topological polar surface area (TPSA) is 61.8 Å². The molecule has 0 spiro atoms. The van der Waals surface area contributed by atoms with E-state index in [0.29, 0.717) is 0 Å². The summed E-state index contributed by atoms with van der Waals surface area (Å²) in [4.78, 5) is 23.8. The maximum Gasteiger partial charge on any atom is 0.348 e. The Labute approximate surface area is 129 Å². The Bertz CT molecular complexity index is 562. The van der Waals surface area contributed by atoms with E-state index in [2.05, 4.69) is 0 Å². The zero-order valence-electron chi connectivity index (χ0n) is 12.9. The molecule has 1 heterocycles. The van der Waals surface area contributed by atoms with Crippen LogP contribution >= 0.6 is 0 Å². The second-order valence-corrected chi connectivity index (χ2v) is 5.84.